The molecule has 1 heterocycles. The van der Waals surface area contributed by atoms with E-state index in [1.807, 2.05) is 6.07 Å². The minimum absolute atomic E-state index is 0.0103. The summed E-state index contributed by atoms with van der Waals surface area (Å²) in [7, 11) is 0. The lowest BCUT2D eigenvalue weighted by atomic mass is 9.90. The van der Waals surface area contributed by atoms with Gasteiger partial charge in [-0.15, -0.1) is 11.3 Å². The molecule has 5 nitrogen and oxygen atoms in total. The lowest BCUT2D eigenvalue weighted by molar-refractivity contribution is -0.127. The lowest BCUT2D eigenvalue weighted by Gasteiger charge is -2.22. The average Bonchev–Trinajstić information content (AvgIpc) is 3.25. The third-order valence-corrected chi connectivity index (χ3v) is 6.08. The lowest BCUT2D eigenvalue weighted by Crippen LogP contribution is -2.45. The molecular weight excluding hydrogens is 312 g/mol. The molecule has 126 valence electrons. The van der Waals surface area contributed by atoms with Crippen molar-refractivity contribution < 1.29 is 14.7 Å². The number of hydrogen-bond acceptors (Lipinski definition) is 4. The molecule has 3 N–H and O–H groups in total. The summed E-state index contributed by atoms with van der Waals surface area (Å²) in [6.07, 6.45) is 5.16. The molecule has 0 bridgehead atoms. The zero-order valence-corrected chi connectivity index (χ0v) is 14.5. The van der Waals surface area contributed by atoms with Crippen molar-refractivity contribution in [3.05, 3.63) is 21.4 Å². The molecule has 0 aliphatic heterocycles. The molecule has 1 saturated carbocycles. The smallest absolute Gasteiger partial charge is 0.279 e. The highest BCUT2D eigenvalue weighted by Gasteiger charge is 2.41. The van der Waals surface area contributed by atoms with Crippen LogP contribution in [0.2, 0.25) is 0 Å². The summed E-state index contributed by atoms with van der Waals surface area (Å²) < 4.78 is 0. The second-order valence-electron chi connectivity index (χ2n) is 7.22. The molecular formula is C17H24N2O3S. The van der Waals surface area contributed by atoms with Gasteiger partial charge in [-0.2, -0.15) is 0 Å². The first-order valence-corrected chi connectivity index (χ1v) is 9.10. The Morgan fingerprint density at radius 1 is 1.35 bits per heavy atom. The molecule has 2 aliphatic rings. The number of hydrazine groups is 1. The van der Waals surface area contributed by atoms with Gasteiger partial charge in [0.05, 0.1) is 16.9 Å². The van der Waals surface area contributed by atoms with E-state index in [0.29, 0.717) is 10.8 Å². The molecule has 1 aromatic rings. The topological polar surface area (TPSA) is 78.4 Å². The Labute approximate surface area is 140 Å². The number of aliphatic hydroxyl groups is 1. The van der Waals surface area contributed by atoms with Crippen LogP contribution >= 0.6 is 11.3 Å². The van der Waals surface area contributed by atoms with Gasteiger partial charge in [0.1, 0.15) is 0 Å². The van der Waals surface area contributed by atoms with Gasteiger partial charge in [0.25, 0.3) is 5.91 Å². The van der Waals surface area contributed by atoms with Gasteiger partial charge in [-0.1, -0.05) is 6.92 Å². The standard InChI is InChI=1S/C17H24N2O3S/c1-10-3-6-13-11(7-10)8-14(23-13)16(21)19-18-15(20)9-17(2,22)12-4-5-12/h8,10,12,22H,3-7,9H2,1-2H3,(H,18,20)(H,19,21)/t10-,17+/m0/s1. The Kier molecular flexibility index (Phi) is 4.47. The predicted molar refractivity (Wildman–Crippen MR) is 89.1 cm³/mol. The molecule has 23 heavy (non-hydrogen) atoms. The van der Waals surface area contributed by atoms with Gasteiger partial charge >= 0.3 is 0 Å². The van der Waals surface area contributed by atoms with Gasteiger partial charge in [-0.05, 0) is 62.5 Å². The van der Waals surface area contributed by atoms with Crippen molar-refractivity contribution in [3.8, 4) is 0 Å². The number of aryl methyl sites for hydroxylation is 1. The monoisotopic (exact) mass is 336 g/mol. The van der Waals surface area contributed by atoms with Gasteiger partial charge in [0, 0.05) is 4.88 Å². The highest BCUT2D eigenvalue weighted by molar-refractivity contribution is 7.14. The fourth-order valence-electron chi connectivity index (χ4n) is 3.22. The van der Waals surface area contributed by atoms with Crippen molar-refractivity contribution in [1.29, 1.82) is 0 Å². The minimum atomic E-state index is -0.979. The number of fused-ring (bicyclic) bond motifs is 1. The van der Waals surface area contributed by atoms with Crippen LogP contribution in [0.4, 0.5) is 0 Å². The first kappa shape index (κ1) is 16.5. The van der Waals surface area contributed by atoms with Crippen LogP contribution < -0.4 is 10.9 Å². The van der Waals surface area contributed by atoms with E-state index in [-0.39, 0.29) is 24.2 Å². The van der Waals surface area contributed by atoms with Gasteiger partial charge < -0.3 is 5.11 Å². The zero-order valence-electron chi connectivity index (χ0n) is 13.6. The summed E-state index contributed by atoms with van der Waals surface area (Å²) in [5.41, 5.74) is 5.17. The van der Waals surface area contributed by atoms with Crippen LogP contribution in [0.15, 0.2) is 6.07 Å². The van der Waals surface area contributed by atoms with E-state index >= 15 is 0 Å². The largest absolute Gasteiger partial charge is 0.389 e. The van der Waals surface area contributed by atoms with Gasteiger partial charge in [0.15, 0.2) is 0 Å². The Hall–Kier alpha value is -1.40. The van der Waals surface area contributed by atoms with Gasteiger partial charge in [-0.3, -0.25) is 20.4 Å². The maximum Gasteiger partial charge on any atom is 0.279 e. The maximum absolute atomic E-state index is 12.2. The van der Waals surface area contributed by atoms with Crippen molar-refractivity contribution in [2.75, 3.05) is 0 Å². The van der Waals surface area contributed by atoms with E-state index in [1.54, 1.807) is 6.92 Å². The molecule has 2 aliphatic carbocycles. The van der Waals surface area contributed by atoms with Crippen molar-refractivity contribution in [3.63, 3.8) is 0 Å². The summed E-state index contributed by atoms with van der Waals surface area (Å²) >= 11 is 1.51. The van der Waals surface area contributed by atoms with E-state index in [1.165, 1.54) is 28.2 Å². The third kappa shape index (κ3) is 3.93. The summed E-state index contributed by atoms with van der Waals surface area (Å²) in [5, 5.41) is 10.2. The Bertz CT molecular complexity index is 619. The molecule has 0 aromatic carbocycles. The fourth-order valence-corrected chi connectivity index (χ4v) is 4.33. The number of hydrogen-bond donors (Lipinski definition) is 3. The van der Waals surface area contributed by atoms with Crippen LogP contribution in [0.3, 0.4) is 0 Å². The second kappa shape index (κ2) is 6.24. The molecule has 0 saturated heterocycles. The molecule has 0 radical (unpaired) electrons. The predicted octanol–water partition coefficient (Wildman–Crippen LogP) is 2.19. The van der Waals surface area contributed by atoms with Crippen LogP contribution in [-0.4, -0.2) is 22.5 Å². The first-order valence-electron chi connectivity index (χ1n) is 8.28. The maximum atomic E-state index is 12.2. The number of thiophene rings is 1. The van der Waals surface area contributed by atoms with Crippen molar-refractivity contribution in [1.82, 2.24) is 10.9 Å². The third-order valence-electron chi connectivity index (χ3n) is 4.84. The SMILES string of the molecule is C[C@H]1CCc2sc(C(=O)NNC(=O)C[C@@](C)(O)C3CC3)cc2C1. The normalized spacial score (nSPS) is 22.8. The van der Waals surface area contributed by atoms with Crippen LogP contribution in [0, 0.1) is 11.8 Å². The van der Waals surface area contributed by atoms with Crippen LogP contribution in [0.1, 0.15) is 59.6 Å². The summed E-state index contributed by atoms with van der Waals surface area (Å²) in [6, 6.07) is 1.94. The van der Waals surface area contributed by atoms with E-state index in [4.69, 9.17) is 0 Å². The van der Waals surface area contributed by atoms with Crippen molar-refractivity contribution in [2.45, 2.75) is 58.0 Å². The number of amides is 2. The molecule has 1 aromatic heterocycles. The van der Waals surface area contributed by atoms with E-state index in [9.17, 15) is 14.7 Å². The van der Waals surface area contributed by atoms with Crippen LogP contribution in [0.5, 0.6) is 0 Å². The quantitative estimate of drug-likeness (QED) is 0.738. The summed E-state index contributed by atoms with van der Waals surface area (Å²) in [5.74, 6) is 0.231. The highest BCUT2D eigenvalue weighted by Crippen LogP contribution is 2.41. The fraction of sp³-hybridized carbons (Fsp3) is 0.647. The first-order chi connectivity index (χ1) is 10.8. The van der Waals surface area contributed by atoms with Crippen molar-refractivity contribution >= 4 is 23.2 Å². The Morgan fingerprint density at radius 3 is 2.78 bits per heavy atom. The van der Waals surface area contributed by atoms with Crippen molar-refractivity contribution in [2.24, 2.45) is 11.8 Å². The van der Waals surface area contributed by atoms with Gasteiger partial charge in [-0.25, -0.2) is 0 Å². The highest BCUT2D eigenvalue weighted by atomic mass is 32.1. The van der Waals surface area contributed by atoms with E-state index in [2.05, 4.69) is 17.8 Å². The number of carbonyl (C=O) groups is 2. The molecule has 2 amide bonds. The number of carbonyl (C=O) groups excluding carboxylic acids is 2. The zero-order chi connectivity index (χ0) is 16.6. The molecule has 2 atom stereocenters. The average molecular weight is 336 g/mol. The van der Waals surface area contributed by atoms with Crippen LogP contribution in [0.25, 0.3) is 0 Å². The summed E-state index contributed by atoms with van der Waals surface area (Å²) in [6.45, 7) is 3.91. The molecule has 1 fully saturated rings. The second-order valence-corrected chi connectivity index (χ2v) is 8.35. The number of rotatable bonds is 4. The Morgan fingerprint density at radius 2 is 2.09 bits per heavy atom. The minimum Gasteiger partial charge on any atom is -0.389 e. The van der Waals surface area contributed by atoms with E-state index in [0.717, 1.165) is 25.7 Å². The van der Waals surface area contributed by atoms with Crippen LogP contribution in [-0.2, 0) is 17.6 Å². The Balaban J connectivity index is 1.52. The molecule has 0 spiro atoms. The van der Waals surface area contributed by atoms with E-state index < -0.39 is 5.60 Å². The molecule has 6 heteroatoms. The number of nitrogens with one attached hydrogen (secondary N) is 2. The molecule has 0 unspecified atom stereocenters. The molecule has 3 rings (SSSR count). The van der Waals surface area contributed by atoms with Gasteiger partial charge in [0.2, 0.25) is 5.91 Å². The summed E-state index contributed by atoms with van der Waals surface area (Å²) in [4.78, 5) is 26.0.